The number of hydrogen-bond acceptors (Lipinski definition) is 7. The Balaban J connectivity index is 1.51. The van der Waals surface area contributed by atoms with Gasteiger partial charge in [0.2, 0.25) is 0 Å². The van der Waals surface area contributed by atoms with Gasteiger partial charge in [0.25, 0.3) is 5.91 Å². The van der Waals surface area contributed by atoms with Gasteiger partial charge in [-0.3, -0.25) is 14.4 Å². The molecule has 1 aliphatic rings. The minimum atomic E-state index is -3.20. The van der Waals surface area contributed by atoms with Crippen LogP contribution >= 0.6 is 11.8 Å². The molecule has 3 aromatic rings. The summed E-state index contributed by atoms with van der Waals surface area (Å²) in [6, 6.07) is 7.07. The van der Waals surface area contributed by atoms with Crippen LogP contribution in [0.1, 0.15) is 41.9 Å². The second kappa shape index (κ2) is 10.3. The highest BCUT2D eigenvalue weighted by atomic mass is 32.2. The highest BCUT2D eigenvalue weighted by molar-refractivity contribution is 8.00. The van der Waals surface area contributed by atoms with E-state index in [9.17, 15) is 13.2 Å². The number of hydrogen-bond donors (Lipinski definition) is 0. The van der Waals surface area contributed by atoms with E-state index in [0.29, 0.717) is 28.8 Å². The lowest BCUT2D eigenvalue weighted by atomic mass is 10.1. The van der Waals surface area contributed by atoms with E-state index in [1.165, 1.54) is 6.26 Å². The molecule has 0 atom stereocenters. The number of nitrogens with zero attached hydrogens (tertiary/aromatic N) is 5. The van der Waals surface area contributed by atoms with Gasteiger partial charge in [-0.15, -0.1) is 11.8 Å². The van der Waals surface area contributed by atoms with E-state index in [-0.39, 0.29) is 5.91 Å². The summed E-state index contributed by atoms with van der Waals surface area (Å²) in [5.74, 6) is 0.0187. The molecule has 0 saturated carbocycles. The van der Waals surface area contributed by atoms with E-state index in [2.05, 4.69) is 28.8 Å². The van der Waals surface area contributed by atoms with Crippen molar-refractivity contribution in [3.05, 3.63) is 47.3 Å². The fraction of sp³-hybridized carbons (Fsp3) is 0.480. The number of sulfone groups is 1. The van der Waals surface area contributed by atoms with Crippen LogP contribution in [0.2, 0.25) is 0 Å². The molecule has 0 unspecified atom stereocenters. The number of thioether (sulfide) groups is 1. The van der Waals surface area contributed by atoms with Crippen molar-refractivity contribution >= 4 is 38.5 Å². The van der Waals surface area contributed by atoms with E-state index in [1.807, 2.05) is 31.0 Å². The number of pyridine rings is 1. The van der Waals surface area contributed by atoms with E-state index >= 15 is 0 Å². The van der Waals surface area contributed by atoms with E-state index in [4.69, 9.17) is 0 Å². The lowest BCUT2D eigenvalue weighted by molar-refractivity contribution is 0.0757. The fourth-order valence-electron chi connectivity index (χ4n) is 4.49. The Labute approximate surface area is 211 Å². The lowest BCUT2D eigenvalue weighted by Gasteiger charge is -2.23. The van der Waals surface area contributed by atoms with Gasteiger partial charge >= 0.3 is 0 Å². The minimum absolute atomic E-state index is 0.0187. The molecule has 0 spiro atoms. The van der Waals surface area contributed by atoms with Crippen molar-refractivity contribution in [1.29, 1.82) is 0 Å². The van der Waals surface area contributed by atoms with Crippen LogP contribution in [-0.2, 0) is 23.4 Å². The molecule has 1 aliphatic heterocycles. The zero-order chi connectivity index (χ0) is 25.3. The van der Waals surface area contributed by atoms with Crippen LogP contribution in [0.25, 0.3) is 11.0 Å². The van der Waals surface area contributed by atoms with Crippen molar-refractivity contribution in [3.8, 4) is 0 Å². The molecular weight excluding hydrogens is 482 g/mol. The number of amides is 1. The summed E-state index contributed by atoms with van der Waals surface area (Å²) in [6.45, 7) is 9.91. The van der Waals surface area contributed by atoms with Crippen molar-refractivity contribution in [2.45, 2.75) is 48.8 Å². The third-order valence-corrected chi connectivity index (χ3v) is 8.46. The third-order valence-electron chi connectivity index (χ3n) is 6.20. The van der Waals surface area contributed by atoms with E-state index < -0.39 is 9.84 Å². The first-order chi connectivity index (χ1) is 16.5. The summed E-state index contributed by atoms with van der Waals surface area (Å²) in [5.41, 5.74) is 3.40. The molecule has 10 heteroatoms. The maximum Gasteiger partial charge on any atom is 0.256 e. The SMILES string of the molecule is Cc1nn(C)c2ncc(C(=O)N3CCCN(Cc4ccc(S(C)(=O)=O)cc4)CC3)c(SC(C)C)c12. The first-order valence-electron chi connectivity index (χ1n) is 11.8. The van der Waals surface area contributed by atoms with Gasteiger partial charge in [-0.25, -0.2) is 13.4 Å². The van der Waals surface area contributed by atoms with Crippen molar-refractivity contribution in [2.24, 2.45) is 7.05 Å². The van der Waals surface area contributed by atoms with Gasteiger partial charge in [-0.1, -0.05) is 26.0 Å². The van der Waals surface area contributed by atoms with Gasteiger partial charge in [0.1, 0.15) is 0 Å². The summed E-state index contributed by atoms with van der Waals surface area (Å²) in [4.78, 5) is 23.8. The second-order valence-electron chi connectivity index (χ2n) is 9.41. The molecule has 8 nitrogen and oxygen atoms in total. The van der Waals surface area contributed by atoms with Gasteiger partial charge in [-0.05, 0) is 31.0 Å². The van der Waals surface area contributed by atoms with Gasteiger partial charge in [0.15, 0.2) is 15.5 Å². The van der Waals surface area contributed by atoms with Crippen LogP contribution in [0.15, 0.2) is 40.3 Å². The molecule has 1 saturated heterocycles. The molecule has 2 aromatic heterocycles. The van der Waals surface area contributed by atoms with Crippen LogP contribution < -0.4 is 0 Å². The van der Waals surface area contributed by atoms with Crippen molar-refractivity contribution < 1.29 is 13.2 Å². The topological polar surface area (TPSA) is 88.4 Å². The van der Waals surface area contributed by atoms with Crippen LogP contribution in [-0.4, -0.2) is 76.6 Å². The number of benzene rings is 1. The summed E-state index contributed by atoms with van der Waals surface area (Å²) in [7, 11) is -1.32. The Morgan fingerprint density at radius 1 is 1.11 bits per heavy atom. The van der Waals surface area contributed by atoms with Gasteiger partial charge in [0.05, 0.1) is 21.5 Å². The fourth-order valence-corrected chi connectivity index (χ4v) is 6.22. The molecule has 4 rings (SSSR count). The average Bonchev–Trinajstić information content (AvgIpc) is 2.94. The standard InChI is InChI=1S/C25H33N5O3S2/c1-17(2)34-23-21(15-26-24-22(23)18(3)27-28(24)4)25(31)30-12-6-11-29(13-14-30)16-19-7-9-20(10-8-19)35(5,32)33/h7-10,15,17H,6,11-14,16H2,1-5H3. The van der Waals surface area contributed by atoms with Crippen molar-refractivity contribution in [3.63, 3.8) is 0 Å². The highest BCUT2D eigenvalue weighted by Gasteiger charge is 2.26. The van der Waals surface area contributed by atoms with Gasteiger partial charge in [-0.2, -0.15) is 5.10 Å². The predicted molar refractivity (Wildman–Crippen MR) is 140 cm³/mol. The smallest absolute Gasteiger partial charge is 0.256 e. The number of aromatic nitrogens is 3. The first kappa shape index (κ1) is 25.7. The molecule has 3 heterocycles. The largest absolute Gasteiger partial charge is 0.337 e. The maximum atomic E-state index is 13.7. The molecule has 0 bridgehead atoms. The van der Waals surface area contributed by atoms with E-state index in [1.54, 1.807) is 34.8 Å². The molecule has 1 aromatic carbocycles. The average molecular weight is 516 g/mol. The summed E-state index contributed by atoms with van der Waals surface area (Å²) >= 11 is 1.69. The molecule has 0 N–H and O–H groups in total. The van der Waals surface area contributed by atoms with Crippen molar-refractivity contribution in [1.82, 2.24) is 24.6 Å². The normalized spacial score (nSPS) is 15.7. The van der Waals surface area contributed by atoms with Gasteiger partial charge < -0.3 is 4.90 Å². The molecule has 0 radical (unpaired) electrons. The second-order valence-corrected chi connectivity index (χ2v) is 13.0. The molecule has 1 amide bonds. The van der Waals surface area contributed by atoms with Crippen LogP contribution in [0.4, 0.5) is 0 Å². The van der Waals surface area contributed by atoms with Crippen molar-refractivity contribution in [2.75, 3.05) is 32.4 Å². The minimum Gasteiger partial charge on any atom is -0.337 e. The van der Waals surface area contributed by atoms with Crippen LogP contribution in [0.5, 0.6) is 0 Å². The number of carbonyl (C=O) groups excluding carboxylic acids is 1. The summed E-state index contributed by atoms with van der Waals surface area (Å²) in [6.07, 6.45) is 3.81. The first-order valence-corrected chi connectivity index (χ1v) is 14.6. The Bertz CT molecular complexity index is 1330. The Morgan fingerprint density at radius 2 is 1.83 bits per heavy atom. The van der Waals surface area contributed by atoms with Crippen LogP contribution in [0, 0.1) is 6.92 Å². The molecule has 35 heavy (non-hydrogen) atoms. The van der Waals surface area contributed by atoms with Gasteiger partial charge in [0, 0.05) is 62.4 Å². The molecule has 188 valence electrons. The number of fused-ring (bicyclic) bond motifs is 1. The summed E-state index contributed by atoms with van der Waals surface area (Å²) < 4.78 is 25.2. The zero-order valence-electron chi connectivity index (χ0n) is 21.0. The number of carbonyl (C=O) groups is 1. The Hall–Kier alpha value is -2.43. The van der Waals surface area contributed by atoms with E-state index in [0.717, 1.165) is 53.2 Å². The summed E-state index contributed by atoms with van der Waals surface area (Å²) in [5, 5.41) is 5.81. The highest BCUT2D eigenvalue weighted by Crippen LogP contribution is 2.35. The quantitative estimate of drug-likeness (QED) is 0.464. The maximum absolute atomic E-state index is 13.7. The molecule has 0 aliphatic carbocycles. The molecule has 1 fully saturated rings. The Kier molecular flexibility index (Phi) is 7.54. The monoisotopic (exact) mass is 515 g/mol. The Morgan fingerprint density at radius 3 is 2.49 bits per heavy atom. The third kappa shape index (κ3) is 5.70. The van der Waals surface area contributed by atoms with Crippen LogP contribution in [0.3, 0.4) is 0 Å². The molecular formula is C25H33N5O3S2. The zero-order valence-corrected chi connectivity index (χ0v) is 22.6. The predicted octanol–water partition coefficient (Wildman–Crippen LogP) is 3.53. The number of rotatable bonds is 6. The lowest BCUT2D eigenvalue weighted by Crippen LogP contribution is -2.35. The number of aryl methyl sites for hydroxylation is 2.